The lowest BCUT2D eigenvalue weighted by Gasteiger charge is -2.07. The van der Waals surface area contributed by atoms with E-state index in [4.69, 9.17) is 0 Å². The highest BCUT2D eigenvalue weighted by molar-refractivity contribution is 7.15. The van der Waals surface area contributed by atoms with Gasteiger partial charge in [-0.05, 0) is 138 Å². The molecule has 2 aromatic heterocycles. The van der Waals surface area contributed by atoms with Gasteiger partial charge in [0.25, 0.3) is 0 Å². The van der Waals surface area contributed by atoms with Crippen molar-refractivity contribution in [3.8, 4) is 20.9 Å². The summed E-state index contributed by atoms with van der Waals surface area (Å²) in [5, 5.41) is 16.9. The zero-order valence-corrected chi connectivity index (χ0v) is 46.7. The van der Waals surface area contributed by atoms with Crippen molar-refractivity contribution in [3.05, 3.63) is 107 Å². The minimum Gasteiger partial charge on any atom is -0.140 e. The number of benzene rings is 5. The minimum atomic E-state index is 1.22. The molecule has 0 aliphatic rings. The van der Waals surface area contributed by atoms with Gasteiger partial charge in [0.05, 0.1) is 0 Å². The highest BCUT2D eigenvalue weighted by atomic mass is 32.1. The molecular weight excluding hydrogens is 905 g/mol. The van der Waals surface area contributed by atoms with E-state index in [1.807, 2.05) is 22.7 Å². The van der Waals surface area contributed by atoms with Crippen molar-refractivity contribution >= 4 is 87.3 Å². The summed E-state index contributed by atoms with van der Waals surface area (Å²) in [6.45, 7) is 4.62. The van der Waals surface area contributed by atoms with Gasteiger partial charge in [0.2, 0.25) is 0 Å². The predicted octanol–water partition coefficient (Wildman–Crippen LogP) is 24.5. The summed E-state index contributed by atoms with van der Waals surface area (Å²) in [4.78, 5) is 5.89. The average molecular weight is 996 g/mol. The first kappa shape index (κ1) is 52.9. The molecule has 0 atom stereocenters. The van der Waals surface area contributed by atoms with Gasteiger partial charge in [0.1, 0.15) is 0 Å². The highest BCUT2D eigenvalue weighted by Gasteiger charge is 2.22. The van der Waals surface area contributed by atoms with E-state index in [0.29, 0.717) is 0 Å². The average Bonchev–Trinajstić information content (AvgIpc) is 4.22. The van der Waals surface area contributed by atoms with Crippen molar-refractivity contribution in [2.75, 3.05) is 0 Å². The van der Waals surface area contributed by atoms with Gasteiger partial charge in [-0.3, -0.25) is 0 Å². The van der Waals surface area contributed by atoms with E-state index in [2.05, 4.69) is 111 Å². The van der Waals surface area contributed by atoms with Gasteiger partial charge >= 0.3 is 0 Å². The van der Waals surface area contributed by atoms with Gasteiger partial charge in [-0.25, -0.2) is 0 Å². The van der Waals surface area contributed by atoms with Crippen LogP contribution in [0.3, 0.4) is 0 Å². The molecule has 382 valence electrons. The Morgan fingerprint density at radius 2 is 0.528 bits per heavy atom. The zero-order chi connectivity index (χ0) is 49.2. The predicted molar refractivity (Wildman–Crippen MR) is 327 cm³/mol. The standard InChI is InChI=1S/C70H90S2/c1-3-5-7-9-11-13-15-17-19-21-23-25-27-29-31-33-37-55-45-49-65(71-55)53-43-47-59-63(51-53)57-39-35-41-61-67(57)69(59)62-42-36-40-58-64-52-54(44-48-60(64)70(61)68(58)62)66-50-46-56(72-66)38-34-32-30-28-26-24-22-20-18-16-14-12-10-8-6-4-2/h35-36,39-52H,3-34,37-38H2,1-2H3. The molecule has 0 fully saturated rings. The third-order valence-electron chi connectivity index (χ3n) is 16.8. The summed E-state index contributed by atoms with van der Waals surface area (Å²) in [5.41, 5.74) is 2.72. The van der Waals surface area contributed by atoms with Crippen LogP contribution >= 0.6 is 22.7 Å². The Morgan fingerprint density at radius 3 is 0.847 bits per heavy atom. The van der Waals surface area contributed by atoms with Crippen LogP contribution in [0.15, 0.2) is 97.1 Å². The molecule has 9 rings (SSSR count). The quantitative estimate of drug-likeness (QED) is 0.0271. The van der Waals surface area contributed by atoms with Crippen LogP contribution in [0.1, 0.15) is 229 Å². The lowest BCUT2D eigenvalue weighted by Crippen LogP contribution is -1.84. The second kappa shape index (κ2) is 28.1. The summed E-state index contributed by atoms with van der Waals surface area (Å²) < 4.78 is 0. The van der Waals surface area contributed by atoms with Gasteiger partial charge in [0, 0.05) is 19.5 Å². The normalized spacial score (nSPS) is 12.2. The fourth-order valence-electron chi connectivity index (χ4n) is 12.6. The molecule has 0 aliphatic heterocycles. The van der Waals surface area contributed by atoms with E-state index in [1.54, 1.807) is 9.75 Å². The SMILES string of the molecule is CCCCCCCCCCCCCCCCCCc1ccc(-c2ccc3c(c2)c2cccc4c2c3c2cccc3c5cc(-c6ccc(CCCCCCCCCCCCCCCCCC)s6)ccc5c4c32)s1. The maximum absolute atomic E-state index is 2.51. The Balaban J connectivity index is 0.772. The Kier molecular flexibility index (Phi) is 20.6. The first-order valence-electron chi connectivity index (χ1n) is 30.2. The highest BCUT2D eigenvalue weighted by Crippen LogP contribution is 2.51. The Morgan fingerprint density at radius 1 is 0.250 bits per heavy atom. The van der Waals surface area contributed by atoms with Crippen LogP contribution in [0.4, 0.5) is 0 Å². The topological polar surface area (TPSA) is 0 Å². The Labute approximate surface area is 444 Å². The maximum atomic E-state index is 2.51. The summed E-state index contributed by atoms with van der Waals surface area (Å²) >= 11 is 4.03. The van der Waals surface area contributed by atoms with E-state index in [1.165, 1.54) is 304 Å². The molecule has 0 unspecified atom stereocenters. The van der Waals surface area contributed by atoms with Crippen molar-refractivity contribution in [1.82, 2.24) is 0 Å². The maximum Gasteiger partial charge on any atom is 0.0345 e. The number of hydrogen-bond donors (Lipinski definition) is 0. The number of thiophene rings is 2. The fourth-order valence-corrected chi connectivity index (χ4v) is 14.7. The molecule has 9 aromatic rings. The molecule has 2 heterocycles. The van der Waals surface area contributed by atoms with Crippen molar-refractivity contribution in [1.29, 1.82) is 0 Å². The van der Waals surface area contributed by atoms with Crippen LogP contribution in [0.2, 0.25) is 0 Å². The van der Waals surface area contributed by atoms with Crippen LogP contribution < -0.4 is 0 Å². The van der Waals surface area contributed by atoms with Crippen molar-refractivity contribution < 1.29 is 0 Å². The second-order valence-corrected chi connectivity index (χ2v) is 24.7. The van der Waals surface area contributed by atoms with Crippen LogP contribution in [0, 0.1) is 0 Å². The van der Waals surface area contributed by atoms with Crippen LogP contribution in [-0.4, -0.2) is 0 Å². The first-order valence-corrected chi connectivity index (χ1v) is 31.9. The number of hydrogen-bond acceptors (Lipinski definition) is 2. The van der Waals surface area contributed by atoms with Crippen molar-refractivity contribution in [2.24, 2.45) is 0 Å². The smallest absolute Gasteiger partial charge is 0.0345 e. The molecule has 7 aromatic carbocycles. The third-order valence-corrected chi connectivity index (χ3v) is 19.2. The molecule has 0 aliphatic carbocycles. The monoisotopic (exact) mass is 995 g/mol. The van der Waals surface area contributed by atoms with E-state index in [9.17, 15) is 0 Å². The van der Waals surface area contributed by atoms with Gasteiger partial charge in [0.15, 0.2) is 0 Å². The molecular formula is C70H90S2. The number of fused-ring (bicyclic) bond motifs is 8. The van der Waals surface area contributed by atoms with Gasteiger partial charge in [-0.1, -0.05) is 267 Å². The molecule has 0 saturated heterocycles. The molecule has 0 spiro atoms. The summed E-state index contributed by atoms with van der Waals surface area (Å²) in [5.74, 6) is 0. The zero-order valence-electron chi connectivity index (χ0n) is 45.1. The van der Waals surface area contributed by atoms with Crippen LogP contribution in [0.5, 0.6) is 0 Å². The fraction of sp³-hybridized carbons (Fsp3) is 0.514. The van der Waals surface area contributed by atoms with Gasteiger partial charge in [-0.15, -0.1) is 22.7 Å². The molecule has 0 radical (unpaired) electrons. The lowest BCUT2D eigenvalue weighted by atomic mass is 9.95. The summed E-state index contributed by atoms with van der Waals surface area (Å²) in [6.07, 6.45) is 48.0. The van der Waals surface area contributed by atoms with E-state index in [-0.39, 0.29) is 0 Å². The lowest BCUT2D eigenvalue weighted by molar-refractivity contribution is 0.529. The molecule has 0 saturated carbocycles. The number of aryl methyl sites for hydroxylation is 2. The molecule has 0 amide bonds. The van der Waals surface area contributed by atoms with Crippen LogP contribution in [0.25, 0.3) is 85.5 Å². The molecule has 2 heteroatoms. The van der Waals surface area contributed by atoms with Gasteiger partial charge in [-0.2, -0.15) is 0 Å². The van der Waals surface area contributed by atoms with Crippen molar-refractivity contribution in [3.63, 3.8) is 0 Å². The number of unbranched alkanes of at least 4 members (excludes halogenated alkanes) is 30. The summed E-state index contributed by atoms with van der Waals surface area (Å²) in [7, 11) is 0. The van der Waals surface area contributed by atoms with Crippen LogP contribution in [-0.2, 0) is 12.8 Å². The Bertz CT molecular complexity index is 2770. The van der Waals surface area contributed by atoms with E-state index < -0.39 is 0 Å². The largest absolute Gasteiger partial charge is 0.140 e. The third kappa shape index (κ3) is 13.5. The molecule has 0 nitrogen and oxygen atoms in total. The van der Waals surface area contributed by atoms with Gasteiger partial charge < -0.3 is 0 Å². The van der Waals surface area contributed by atoms with E-state index in [0.717, 1.165) is 0 Å². The summed E-state index contributed by atoms with van der Waals surface area (Å²) in [6, 6.07) is 38.5. The van der Waals surface area contributed by atoms with E-state index >= 15 is 0 Å². The van der Waals surface area contributed by atoms with Crippen molar-refractivity contribution in [2.45, 2.75) is 232 Å². The molecule has 72 heavy (non-hydrogen) atoms. The minimum absolute atomic E-state index is 1.22. The molecule has 0 N–H and O–H groups in total. The number of rotatable bonds is 36. The Hall–Kier alpha value is -3.98. The second-order valence-electron chi connectivity index (χ2n) is 22.4. The first-order chi connectivity index (χ1) is 35.7. The molecule has 0 bridgehead atoms.